The molecule has 0 N–H and O–H groups in total. The Morgan fingerprint density at radius 2 is 1.20 bits per heavy atom. The number of hydrogen-bond acceptors (Lipinski definition) is 4. The fourth-order valence-corrected chi connectivity index (χ4v) is 3.73. The molecule has 0 unspecified atom stereocenters. The van der Waals surface area contributed by atoms with Crippen LogP contribution in [0.5, 0.6) is 0 Å². The largest absolute Gasteiger partial charge is 0.344 e. The van der Waals surface area contributed by atoms with E-state index >= 15 is 0 Å². The van der Waals surface area contributed by atoms with Crippen molar-refractivity contribution >= 4 is 0 Å². The summed E-state index contributed by atoms with van der Waals surface area (Å²) in [6.45, 7) is 15.8. The van der Waals surface area contributed by atoms with Crippen molar-refractivity contribution in [2.24, 2.45) is 0 Å². The molecule has 1 aromatic rings. The summed E-state index contributed by atoms with van der Waals surface area (Å²) in [4.78, 5) is 8.78. The summed E-state index contributed by atoms with van der Waals surface area (Å²) in [6, 6.07) is 9.56. The zero-order chi connectivity index (χ0) is 17.6. The van der Waals surface area contributed by atoms with E-state index in [2.05, 4.69) is 110 Å². The van der Waals surface area contributed by atoms with Crippen LogP contribution in [0.4, 0.5) is 0 Å². The molecule has 4 heteroatoms. The Labute approximate surface area is 152 Å². The van der Waals surface area contributed by atoms with Crippen molar-refractivity contribution < 1.29 is 0 Å². The summed E-state index contributed by atoms with van der Waals surface area (Å²) in [5, 5.41) is 0. The third-order valence-corrected chi connectivity index (χ3v) is 5.27. The average molecular weight is 334 g/mol. The molecular formula is C21H26N4. The smallest absolute Gasteiger partial charge is 0.210 e. The van der Waals surface area contributed by atoms with Gasteiger partial charge in [-0.25, -0.2) is 0 Å². The van der Waals surface area contributed by atoms with E-state index in [-0.39, 0.29) is 5.66 Å². The number of hydrogen-bond donors (Lipinski definition) is 0. The van der Waals surface area contributed by atoms with Gasteiger partial charge in [-0.15, -0.1) is 0 Å². The minimum atomic E-state index is -0.218. The van der Waals surface area contributed by atoms with E-state index in [0.29, 0.717) is 12.1 Å². The fraction of sp³-hybridized carbons (Fsp3) is 0.429. The van der Waals surface area contributed by atoms with Gasteiger partial charge in [0.1, 0.15) is 5.66 Å². The van der Waals surface area contributed by atoms with E-state index in [4.69, 9.17) is 0 Å². The van der Waals surface area contributed by atoms with E-state index in [1.54, 1.807) is 0 Å². The first kappa shape index (κ1) is 16.4. The zero-order valence-corrected chi connectivity index (χ0v) is 15.5. The molecule has 0 atom stereocenters. The topological polar surface area (TPSA) is 13.0 Å². The van der Waals surface area contributed by atoms with Gasteiger partial charge >= 0.3 is 0 Å². The molecule has 0 bridgehead atoms. The van der Waals surface area contributed by atoms with Gasteiger partial charge in [0.2, 0.25) is 13.3 Å². The molecule has 0 aromatic heterocycles. The van der Waals surface area contributed by atoms with Crippen LogP contribution < -0.4 is 0 Å². The Morgan fingerprint density at radius 3 is 1.56 bits per heavy atom. The average Bonchev–Trinajstić information content (AvgIpc) is 3.31. The highest BCUT2D eigenvalue weighted by atomic mass is 15.5. The first-order valence-electron chi connectivity index (χ1n) is 9.11. The van der Waals surface area contributed by atoms with Crippen molar-refractivity contribution in [3.8, 4) is 0 Å². The number of benzene rings is 1. The molecule has 3 aliphatic rings. The van der Waals surface area contributed by atoms with Crippen molar-refractivity contribution in [1.82, 2.24) is 19.6 Å². The second-order valence-corrected chi connectivity index (χ2v) is 7.64. The Bertz CT molecular complexity index is 632. The molecule has 130 valence electrons. The predicted octanol–water partition coefficient (Wildman–Crippen LogP) is 3.47. The van der Waals surface area contributed by atoms with Crippen molar-refractivity contribution in [3.05, 3.63) is 73.5 Å². The molecule has 1 aliphatic carbocycles. The van der Waals surface area contributed by atoms with Gasteiger partial charge < -0.3 is 19.6 Å². The van der Waals surface area contributed by atoms with E-state index < -0.39 is 0 Å². The maximum atomic E-state index is 3.55. The number of fused-ring (bicyclic) bond motifs is 1. The van der Waals surface area contributed by atoms with Crippen LogP contribution in [0.15, 0.2) is 49.1 Å². The fourth-order valence-electron chi connectivity index (χ4n) is 3.73. The van der Waals surface area contributed by atoms with E-state index in [9.17, 15) is 0 Å². The molecule has 0 amide bonds. The van der Waals surface area contributed by atoms with Gasteiger partial charge in [-0.1, -0.05) is 24.3 Å². The van der Waals surface area contributed by atoms with Crippen LogP contribution in [0, 0.1) is 13.3 Å². The monoisotopic (exact) mass is 334 g/mol. The van der Waals surface area contributed by atoms with Crippen LogP contribution in [0.1, 0.15) is 38.8 Å². The van der Waals surface area contributed by atoms with Crippen LogP contribution in [0.2, 0.25) is 0 Å². The van der Waals surface area contributed by atoms with Gasteiger partial charge in [0.25, 0.3) is 0 Å². The van der Waals surface area contributed by atoms with Crippen molar-refractivity contribution in [3.63, 3.8) is 0 Å². The summed E-state index contributed by atoms with van der Waals surface area (Å²) in [7, 11) is 0. The molecule has 25 heavy (non-hydrogen) atoms. The molecule has 0 saturated heterocycles. The first-order valence-corrected chi connectivity index (χ1v) is 9.11. The van der Waals surface area contributed by atoms with Crippen molar-refractivity contribution in [2.75, 3.05) is 0 Å². The molecule has 2 aliphatic heterocycles. The SMILES string of the molecule is CC(C)N1[C]N(C2(N3[C]N(C(C)C)C=C3)Cc3ccccc3C2)C=C1. The molecular weight excluding hydrogens is 308 g/mol. The molecule has 4 nitrogen and oxygen atoms in total. The quantitative estimate of drug-likeness (QED) is 0.836. The molecule has 0 spiro atoms. The summed E-state index contributed by atoms with van der Waals surface area (Å²) >= 11 is 0. The van der Waals surface area contributed by atoms with Crippen molar-refractivity contribution in [1.29, 1.82) is 0 Å². The van der Waals surface area contributed by atoms with Crippen LogP contribution >= 0.6 is 0 Å². The summed E-state index contributed by atoms with van der Waals surface area (Å²) < 4.78 is 0. The second-order valence-electron chi connectivity index (χ2n) is 7.64. The van der Waals surface area contributed by atoms with Gasteiger partial charge in [0.05, 0.1) is 0 Å². The lowest BCUT2D eigenvalue weighted by Gasteiger charge is -2.45. The summed E-state index contributed by atoms with van der Waals surface area (Å²) in [5.74, 6) is 0. The number of nitrogens with zero attached hydrogens (tertiary/aromatic N) is 4. The van der Waals surface area contributed by atoms with E-state index in [1.807, 2.05) is 0 Å². The Morgan fingerprint density at radius 1 is 0.760 bits per heavy atom. The maximum Gasteiger partial charge on any atom is 0.210 e. The van der Waals surface area contributed by atoms with E-state index in [1.165, 1.54) is 11.1 Å². The second kappa shape index (κ2) is 6.01. The summed E-state index contributed by atoms with van der Waals surface area (Å²) in [5.41, 5.74) is 2.61. The first-order chi connectivity index (χ1) is 12.0. The van der Waals surface area contributed by atoms with Crippen LogP contribution in [0.3, 0.4) is 0 Å². The number of rotatable bonds is 4. The Balaban J connectivity index is 1.65. The Hall–Kier alpha value is -2.10. The van der Waals surface area contributed by atoms with Gasteiger partial charge in [-0.2, -0.15) is 0 Å². The van der Waals surface area contributed by atoms with E-state index in [0.717, 1.165) is 12.8 Å². The van der Waals surface area contributed by atoms with Crippen LogP contribution in [-0.2, 0) is 12.8 Å². The minimum Gasteiger partial charge on any atom is -0.344 e. The van der Waals surface area contributed by atoms with Crippen LogP contribution in [0.25, 0.3) is 0 Å². The normalized spacial score (nSPS) is 21.4. The minimum absolute atomic E-state index is 0.218. The van der Waals surface area contributed by atoms with Crippen molar-refractivity contribution in [2.45, 2.75) is 58.3 Å². The van der Waals surface area contributed by atoms with Gasteiger partial charge in [-0.3, -0.25) is 0 Å². The van der Waals surface area contributed by atoms with Gasteiger partial charge in [-0.05, 0) is 38.8 Å². The molecule has 1 aromatic carbocycles. The third kappa shape index (κ3) is 2.68. The summed E-state index contributed by atoms with van der Waals surface area (Å²) in [6.07, 6.45) is 10.5. The predicted molar refractivity (Wildman–Crippen MR) is 99.0 cm³/mol. The molecule has 2 heterocycles. The zero-order valence-electron chi connectivity index (χ0n) is 15.5. The lowest BCUT2D eigenvalue weighted by molar-refractivity contribution is 0.0280. The van der Waals surface area contributed by atoms with Gasteiger partial charge in [0.15, 0.2) is 0 Å². The molecule has 4 rings (SSSR count). The molecule has 0 fully saturated rings. The molecule has 0 saturated carbocycles. The van der Waals surface area contributed by atoms with Gasteiger partial charge in [0, 0.05) is 49.7 Å². The molecule has 4 radical (unpaired) electrons. The van der Waals surface area contributed by atoms with Crippen LogP contribution in [-0.4, -0.2) is 37.3 Å². The lowest BCUT2D eigenvalue weighted by Crippen LogP contribution is -2.56. The Kier molecular flexibility index (Phi) is 3.94. The maximum absolute atomic E-state index is 3.55. The third-order valence-electron chi connectivity index (χ3n) is 5.27. The highest BCUT2D eigenvalue weighted by Crippen LogP contribution is 2.42. The highest BCUT2D eigenvalue weighted by Gasteiger charge is 2.49. The lowest BCUT2D eigenvalue weighted by atomic mass is 10.0. The highest BCUT2D eigenvalue weighted by molar-refractivity contribution is 5.38. The standard InChI is InChI=1S/C21H26N4/c1-17(2)22-9-11-24(15-22)21(25-12-10-23(16-25)18(3)4)13-19-7-5-6-8-20(19)14-21/h5-12,17-18H,13-14H2,1-4H3.